The number of carbonyl (C=O) groups excluding carboxylic acids is 1. The minimum Gasteiger partial charge on any atom is -0.333 e. The molecule has 0 aliphatic carbocycles. The van der Waals surface area contributed by atoms with Gasteiger partial charge in [-0.2, -0.15) is 0 Å². The van der Waals surface area contributed by atoms with E-state index < -0.39 is 0 Å². The number of carbonyl (C=O) groups is 1. The second-order valence-corrected chi connectivity index (χ2v) is 11.0. The van der Waals surface area contributed by atoms with Gasteiger partial charge in [0.05, 0.1) is 16.9 Å². The largest absolute Gasteiger partial charge is 0.333 e. The molecule has 2 rings (SSSR count). The lowest BCUT2D eigenvalue weighted by atomic mass is 9.84. The molecule has 0 saturated carbocycles. The van der Waals surface area contributed by atoms with Crippen molar-refractivity contribution in [3.63, 3.8) is 0 Å². The van der Waals surface area contributed by atoms with Crippen molar-refractivity contribution in [1.29, 1.82) is 0 Å². The average Bonchev–Trinajstić information content (AvgIpc) is 2.71. The van der Waals surface area contributed by atoms with Gasteiger partial charge in [0.1, 0.15) is 5.82 Å². The Kier molecular flexibility index (Phi) is 9.92. The maximum atomic E-state index is 13.5. The van der Waals surface area contributed by atoms with E-state index in [1.165, 1.54) is 0 Å². The van der Waals surface area contributed by atoms with Crippen LogP contribution in [0.1, 0.15) is 85.0 Å². The van der Waals surface area contributed by atoms with E-state index in [0.717, 1.165) is 32.1 Å². The van der Waals surface area contributed by atoms with E-state index in [0.29, 0.717) is 41.3 Å². The van der Waals surface area contributed by atoms with E-state index in [1.54, 1.807) is 29.8 Å². The quantitative estimate of drug-likeness (QED) is 0.436. The maximum absolute atomic E-state index is 13.5. The van der Waals surface area contributed by atoms with E-state index in [4.69, 9.17) is 22.3 Å². The summed E-state index contributed by atoms with van der Waals surface area (Å²) < 4.78 is 1.56. The molecule has 2 aromatic rings. The van der Waals surface area contributed by atoms with Crippen LogP contribution in [0.3, 0.4) is 0 Å². The molecule has 1 aromatic heterocycles. The van der Waals surface area contributed by atoms with Gasteiger partial charge in [-0.15, -0.1) is 0 Å². The molecular formula is C26H41ClN4O2. The first-order valence-corrected chi connectivity index (χ1v) is 12.5. The number of nitrogens with zero attached hydrogens (tertiary/aromatic N) is 3. The van der Waals surface area contributed by atoms with Crippen LogP contribution in [-0.2, 0) is 11.8 Å². The zero-order valence-electron chi connectivity index (χ0n) is 21.2. The van der Waals surface area contributed by atoms with Gasteiger partial charge >= 0.3 is 0 Å². The van der Waals surface area contributed by atoms with Crippen molar-refractivity contribution in [3.05, 3.63) is 39.4 Å². The predicted octanol–water partition coefficient (Wildman–Crippen LogP) is 5.46. The van der Waals surface area contributed by atoms with Crippen LogP contribution in [0, 0.1) is 11.3 Å². The summed E-state index contributed by atoms with van der Waals surface area (Å²) in [6.45, 7) is 12.0. The summed E-state index contributed by atoms with van der Waals surface area (Å²) in [7, 11) is 1.72. The standard InChI is InChI=1S/C26H41ClN4O2/c1-18(17-26(3,4)5)15-23(32)31(14-10-8-7-9-13-28)19(2)24-29-22-16-20(27)11-12-21(22)25(33)30(24)6/h11-12,16,18-19H,7-10,13-15,17,28H2,1-6H3. The number of rotatable bonds is 11. The van der Waals surface area contributed by atoms with Gasteiger partial charge in [-0.25, -0.2) is 4.98 Å². The van der Waals surface area contributed by atoms with Crippen molar-refractivity contribution in [2.45, 2.75) is 79.2 Å². The molecule has 0 radical (unpaired) electrons. The van der Waals surface area contributed by atoms with Crippen LogP contribution in [0.5, 0.6) is 0 Å². The molecule has 6 nitrogen and oxygen atoms in total. The Morgan fingerprint density at radius 3 is 2.48 bits per heavy atom. The summed E-state index contributed by atoms with van der Waals surface area (Å²) in [5.41, 5.74) is 6.22. The highest BCUT2D eigenvalue weighted by molar-refractivity contribution is 6.31. The van der Waals surface area contributed by atoms with Crippen molar-refractivity contribution in [2.75, 3.05) is 13.1 Å². The third kappa shape index (κ3) is 7.82. The number of hydrogen-bond donors (Lipinski definition) is 1. The summed E-state index contributed by atoms with van der Waals surface area (Å²) >= 11 is 6.15. The van der Waals surface area contributed by atoms with Gasteiger partial charge in [0.15, 0.2) is 0 Å². The number of aromatic nitrogens is 2. The lowest BCUT2D eigenvalue weighted by Gasteiger charge is -2.32. The zero-order valence-corrected chi connectivity index (χ0v) is 21.9. The summed E-state index contributed by atoms with van der Waals surface area (Å²) in [6.07, 6.45) is 5.43. The Balaban J connectivity index is 2.33. The van der Waals surface area contributed by atoms with Gasteiger partial charge in [-0.05, 0) is 62.3 Å². The van der Waals surface area contributed by atoms with Crippen LogP contribution in [0.15, 0.2) is 23.0 Å². The number of benzene rings is 1. The lowest BCUT2D eigenvalue weighted by Crippen LogP contribution is -2.38. The Hall–Kier alpha value is -1.92. The molecule has 0 fully saturated rings. The van der Waals surface area contributed by atoms with Crippen molar-refractivity contribution in [1.82, 2.24) is 14.5 Å². The van der Waals surface area contributed by atoms with Crippen molar-refractivity contribution < 1.29 is 4.79 Å². The average molecular weight is 477 g/mol. The van der Waals surface area contributed by atoms with Crippen LogP contribution in [-0.4, -0.2) is 33.4 Å². The van der Waals surface area contributed by atoms with Crippen molar-refractivity contribution >= 4 is 28.4 Å². The van der Waals surface area contributed by atoms with Gasteiger partial charge < -0.3 is 10.6 Å². The molecule has 33 heavy (non-hydrogen) atoms. The van der Waals surface area contributed by atoms with Gasteiger partial charge in [-0.1, -0.05) is 52.1 Å². The van der Waals surface area contributed by atoms with Crippen molar-refractivity contribution in [2.24, 2.45) is 24.1 Å². The van der Waals surface area contributed by atoms with E-state index >= 15 is 0 Å². The summed E-state index contributed by atoms with van der Waals surface area (Å²) in [5, 5.41) is 1.06. The Morgan fingerprint density at radius 1 is 1.18 bits per heavy atom. The summed E-state index contributed by atoms with van der Waals surface area (Å²) in [6, 6.07) is 4.79. The molecule has 1 amide bonds. The topological polar surface area (TPSA) is 81.2 Å². The van der Waals surface area contributed by atoms with Gasteiger partial charge in [0.2, 0.25) is 5.91 Å². The van der Waals surface area contributed by atoms with Gasteiger partial charge in [0.25, 0.3) is 5.56 Å². The molecule has 0 spiro atoms. The normalized spacial score (nSPS) is 13.8. The number of unbranched alkanes of at least 4 members (excludes halogenated alkanes) is 3. The van der Waals surface area contributed by atoms with E-state index in [-0.39, 0.29) is 28.8 Å². The third-order valence-electron chi connectivity index (χ3n) is 6.07. The van der Waals surface area contributed by atoms with E-state index in [2.05, 4.69) is 27.7 Å². The second kappa shape index (κ2) is 12.0. The fraction of sp³-hybridized carbons (Fsp3) is 0.654. The third-order valence-corrected chi connectivity index (χ3v) is 6.31. The fourth-order valence-electron chi connectivity index (χ4n) is 4.62. The molecule has 2 atom stereocenters. The van der Waals surface area contributed by atoms with Crippen LogP contribution in [0.4, 0.5) is 0 Å². The molecule has 0 aliphatic rings. The SMILES string of the molecule is CC(CC(=O)N(CCCCCCN)C(C)c1nc2cc(Cl)ccc2c(=O)n1C)CC(C)(C)C. The minimum atomic E-state index is -0.324. The van der Waals surface area contributed by atoms with Crippen LogP contribution in [0.25, 0.3) is 10.9 Å². The van der Waals surface area contributed by atoms with E-state index in [1.807, 2.05) is 11.8 Å². The van der Waals surface area contributed by atoms with E-state index in [9.17, 15) is 9.59 Å². The molecule has 7 heteroatoms. The Bertz CT molecular complexity index is 996. The number of fused-ring (bicyclic) bond motifs is 1. The molecule has 0 saturated heterocycles. The number of hydrogen-bond acceptors (Lipinski definition) is 4. The highest BCUT2D eigenvalue weighted by Gasteiger charge is 2.27. The maximum Gasteiger partial charge on any atom is 0.261 e. The molecule has 184 valence electrons. The minimum absolute atomic E-state index is 0.110. The molecule has 2 unspecified atom stereocenters. The number of nitrogens with two attached hydrogens (primary N) is 1. The number of amides is 1. The molecule has 0 bridgehead atoms. The fourth-order valence-corrected chi connectivity index (χ4v) is 4.79. The molecule has 0 aliphatic heterocycles. The summed E-state index contributed by atoms with van der Waals surface area (Å²) in [4.78, 5) is 33.1. The first-order valence-electron chi connectivity index (χ1n) is 12.1. The molecule has 1 aromatic carbocycles. The zero-order chi connectivity index (χ0) is 24.8. The predicted molar refractivity (Wildman–Crippen MR) is 137 cm³/mol. The smallest absolute Gasteiger partial charge is 0.261 e. The monoisotopic (exact) mass is 476 g/mol. The summed E-state index contributed by atoms with van der Waals surface area (Å²) in [5.74, 6) is 0.962. The lowest BCUT2D eigenvalue weighted by molar-refractivity contribution is -0.134. The highest BCUT2D eigenvalue weighted by atomic mass is 35.5. The van der Waals surface area contributed by atoms with Crippen LogP contribution >= 0.6 is 11.6 Å². The van der Waals surface area contributed by atoms with Crippen molar-refractivity contribution in [3.8, 4) is 0 Å². The molecule has 1 heterocycles. The first kappa shape index (κ1) is 27.3. The first-order chi connectivity index (χ1) is 15.4. The molecular weight excluding hydrogens is 436 g/mol. The Labute approximate surface area is 203 Å². The van der Waals surface area contributed by atoms with Gasteiger partial charge in [0, 0.05) is 25.0 Å². The second-order valence-electron chi connectivity index (χ2n) is 10.5. The molecule has 2 N–H and O–H groups in total. The Morgan fingerprint density at radius 2 is 1.85 bits per heavy atom. The van der Waals surface area contributed by atoms with Crippen LogP contribution < -0.4 is 11.3 Å². The van der Waals surface area contributed by atoms with Gasteiger partial charge in [-0.3, -0.25) is 14.2 Å². The van der Waals surface area contributed by atoms with Crippen LogP contribution in [0.2, 0.25) is 5.02 Å². The highest BCUT2D eigenvalue weighted by Crippen LogP contribution is 2.28. The number of halogens is 1.